The lowest BCUT2D eigenvalue weighted by Gasteiger charge is -2.32. The van der Waals surface area contributed by atoms with Crippen LogP contribution in [0, 0.1) is 18.8 Å². The van der Waals surface area contributed by atoms with E-state index in [0.29, 0.717) is 0 Å². The summed E-state index contributed by atoms with van der Waals surface area (Å²) >= 11 is 0. The van der Waals surface area contributed by atoms with Gasteiger partial charge in [-0.1, -0.05) is 6.92 Å². The molecule has 0 radical (unpaired) electrons. The molecule has 1 saturated heterocycles. The molecule has 0 atom stereocenters. The maximum absolute atomic E-state index is 13.0. The van der Waals surface area contributed by atoms with Crippen LogP contribution in [0.25, 0.3) is 0 Å². The first kappa shape index (κ1) is 10.4. The lowest BCUT2D eigenvalue weighted by atomic mass is 9.98. The van der Waals surface area contributed by atoms with Crippen molar-refractivity contribution in [2.75, 3.05) is 18.0 Å². The molecule has 0 spiro atoms. The molecule has 3 heteroatoms. The molecule has 0 aliphatic carbocycles. The van der Waals surface area contributed by atoms with Gasteiger partial charge in [0.15, 0.2) is 0 Å². The summed E-state index contributed by atoms with van der Waals surface area (Å²) in [5.74, 6) is 0.419. The summed E-state index contributed by atoms with van der Waals surface area (Å²) in [4.78, 5) is 5.92. The molecule has 0 bridgehead atoms. The van der Waals surface area contributed by atoms with E-state index in [1.54, 1.807) is 12.3 Å². The molecule has 0 aromatic carbocycles. The Morgan fingerprint density at radius 1 is 1.40 bits per heavy atom. The average Bonchev–Trinajstić information content (AvgIpc) is 2.23. The van der Waals surface area contributed by atoms with Crippen LogP contribution >= 0.6 is 0 Å². The number of nitrogens with zero attached hydrogens (tertiary/aromatic N) is 2. The summed E-state index contributed by atoms with van der Waals surface area (Å²) in [6.45, 7) is 6.33. The van der Waals surface area contributed by atoms with Gasteiger partial charge >= 0.3 is 0 Å². The third-order valence-corrected chi connectivity index (χ3v) is 3.17. The van der Waals surface area contributed by atoms with E-state index in [1.807, 2.05) is 6.92 Å². The monoisotopic (exact) mass is 208 g/mol. The highest BCUT2D eigenvalue weighted by Gasteiger charge is 2.17. The minimum atomic E-state index is -0.380. The Morgan fingerprint density at radius 2 is 2.07 bits per heavy atom. The second kappa shape index (κ2) is 4.17. The van der Waals surface area contributed by atoms with Crippen LogP contribution in [-0.4, -0.2) is 18.1 Å². The van der Waals surface area contributed by atoms with Crippen molar-refractivity contribution in [3.8, 4) is 0 Å². The third kappa shape index (κ3) is 2.28. The van der Waals surface area contributed by atoms with Crippen LogP contribution in [0.2, 0.25) is 0 Å². The first-order valence-electron chi connectivity index (χ1n) is 5.54. The van der Waals surface area contributed by atoms with Gasteiger partial charge in [-0.15, -0.1) is 0 Å². The Hall–Kier alpha value is -1.12. The zero-order chi connectivity index (χ0) is 10.8. The molecule has 2 nitrogen and oxygen atoms in total. The Labute approximate surface area is 90.1 Å². The van der Waals surface area contributed by atoms with Gasteiger partial charge in [0.1, 0.15) is 0 Å². The van der Waals surface area contributed by atoms with Gasteiger partial charge in [-0.2, -0.15) is 4.39 Å². The maximum atomic E-state index is 13.0. The fourth-order valence-electron chi connectivity index (χ4n) is 2.08. The number of halogens is 1. The summed E-state index contributed by atoms with van der Waals surface area (Å²) in [6.07, 6.45) is 4.01. The van der Waals surface area contributed by atoms with Crippen LogP contribution in [0.3, 0.4) is 0 Å². The molecular formula is C12H17FN2. The molecular weight excluding hydrogens is 191 g/mol. The minimum absolute atomic E-state index is 0.380. The summed E-state index contributed by atoms with van der Waals surface area (Å²) in [7, 11) is 0. The molecule has 1 aliphatic rings. The van der Waals surface area contributed by atoms with E-state index < -0.39 is 0 Å². The number of hydrogen-bond acceptors (Lipinski definition) is 2. The Morgan fingerprint density at radius 3 is 2.73 bits per heavy atom. The van der Waals surface area contributed by atoms with Gasteiger partial charge < -0.3 is 4.90 Å². The highest BCUT2D eigenvalue weighted by Crippen LogP contribution is 2.25. The van der Waals surface area contributed by atoms with Crippen molar-refractivity contribution in [2.24, 2.45) is 5.92 Å². The van der Waals surface area contributed by atoms with Crippen molar-refractivity contribution in [3.63, 3.8) is 0 Å². The van der Waals surface area contributed by atoms with Crippen LogP contribution in [0.1, 0.15) is 25.3 Å². The summed E-state index contributed by atoms with van der Waals surface area (Å²) in [5.41, 5.74) is 2.07. The van der Waals surface area contributed by atoms with Crippen molar-refractivity contribution < 1.29 is 4.39 Å². The van der Waals surface area contributed by atoms with Crippen molar-refractivity contribution in [2.45, 2.75) is 26.7 Å². The van der Waals surface area contributed by atoms with E-state index >= 15 is 0 Å². The molecule has 2 rings (SSSR count). The zero-order valence-corrected chi connectivity index (χ0v) is 9.33. The first-order chi connectivity index (χ1) is 7.16. The quantitative estimate of drug-likeness (QED) is 0.660. The fraction of sp³-hybridized carbons (Fsp3) is 0.583. The van der Waals surface area contributed by atoms with E-state index in [9.17, 15) is 4.39 Å². The first-order valence-corrected chi connectivity index (χ1v) is 5.54. The lowest BCUT2D eigenvalue weighted by molar-refractivity contribution is 0.437. The van der Waals surface area contributed by atoms with Crippen molar-refractivity contribution in [1.82, 2.24) is 4.98 Å². The van der Waals surface area contributed by atoms with Gasteiger partial charge in [0.05, 0.1) is 0 Å². The average molecular weight is 208 g/mol. The molecule has 0 amide bonds. The Kier molecular flexibility index (Phi) is 2.89. The zero-order valence-electron chi connectivity index (χ0n) is 9.33. The Balaban J connectivity index is 2.18. The van der Waals surface area contributed by atoms with Gasteiger partial charge in [0.25, 0.3) is 0 Å². The second-order valence-electron chi connectivity index (χ2n) is 4.46. The van der Waals surface area contributed by atoms with Gasteiger partial charge in [0, 0.05) is 31.0 Å². The maximum Gasteiger partial charge on any atom is 0.214 e. The second-order valence-corrected chi connectivity index (χ2v) is 4.46. The number of piperidine rings is 1. The van der Waals surface area contributed by atoms with Crippen LogP contribution in [0.15, 0.2) is 12.3 Å². The molecule has 0 saturated carbocycles. The van der Waals surface area contributed by atoms with Gasteiger partial charge in [-0.05, 0) is 31.2 Å². The summed E-state index contributed by atoms with van der Waals surface area (Å²) < 4.78 is 13.0. The molecule has 1 aromatic heterocycles. The SMILES string of the molecule is Cc1cnc(F)cc1N1CCC(C)CC1. The summed E-state index contributed by atoms with van der Waals surface area (Å²) in [6, 6.07) is 1.55. The molecule has 0 N–H and O–H groups in total. The molecule has 2 heterocycles. The standard InChI is InChI=1S/C12H17FN2/c1-9-3-5-15(6-4-9)11-7-12(13)14-8-10(11)2/h7-9H,3-6H2,1-2H3. The number of pyridine rings is 1. The number of anilines is 1. The number of aromatic nitrogens is 1. The Bertz CT molecular complexity index is 343. The lowest BCUT2D eigenvalue weighted by Crippen LogP contribution is -2.33. The number of hydrogen-bond donors (Lipinski definition) is 0. The largest absolute Gasteiger partial charge is 0.371 e. The van der Waals surface area contributed by atoms with E-state index in [1.165, 1.54) is 12.8 Å². The highest BCUT2D eigenvalue weighted by atomic mass is 19.1. The minimum Gasteiger partial charge on any atom is -0.371 e. The van der Waals surface area contributed by atoms with Crippen LogP contribution in [0.5, 0.6) is 0 Å². The number of rotatable bonds is 1. The van der Waals surface area contributed by atoms with Gasteiger partial charge in [0.2, 0.25) is 5.95 Å². The van der Waals surface area contributed by atoms with Crippen LogP contribution in [-0.2, 0) is 0 Å². The fourth-order valence-corrected chi connectivity index (χ4v) is 2.08. The van der Waals surface area contributed by atoms with Crippen LogP contribution in [0.4, 0.5) is 10.1 Å². The molecule has 15 heavy (non-hydrogen) atoms. The predicted molar refractivity (Wildman–Crippen MR) is 59.5 cm³/mol. The van der Waals surface area contributed by atoms with E-state index in [0.717, 1.165) is 30.3 Å². The molecule has 1 fully saturated rings. The number of aryl methyl sites for hydroxylation is 1. The predicted octanol–water partition coefficient (Wildman–Crippen LogP) is 2.77. The highest BCUT2D eigenvalue weighted by molar-refractivity contribution is 5.52. The molecule has 1 aliphatic heterocycles. The topological polar surface area (TPSA) is 16.1 Å². The van der Waals surface area contributed by atoms with Crippen LogP contribution < -0.4 is 4.90 Å². The smallest absolute Gasteiger partial charge is 0.214 e. The van der Waals surface area contributed by atoms with Gasteiger partial charge in [-0.3, -0.25) is 0 Å². The normalized spacial score (nSPS) is 18.2. The van der Waals surface area contributed by atoms with Gasteiger partial charge in [-0.25, -0.2) is 4.98 Å². The van der Waals surface area contributed by atoms with Crippen molar-refractivity contribution in [3.05, 3.63) is 23.8 Å². The molecule has 82 valence electrons. The third-order valence-electron chi connectivity index (χ3n) is 3.17. The van der Waals surface area contributed by atoms with E-state index in [-0.39, 0.29) is 5.95 Å². The van der Waals surface area contributed by atoms with E-state index in [2.05, 4.69) is 16.8 Å². The van der Waals surface area contributed by atoms with Crippen molar-refractivity contribution in [1.29, 1.82) is 0 Å². The van der Waals surface area contributed by atoms with E-state index in [4.69, 9.17) is 0 Å². The summed E-state index contributed by atoms with van der Waals surface area (Å²) in [5, 5.41) is 0. The van der Waals surface area contributed by atoms with Crippen molar-refractivity contribution >= 4 is 5.69 Å². The molecule has 0 unspecified atom stereocenters. The molecule has 1 aromatic rings.